The van der Waals surface area contributed by atoms with Crippen LogP contribution in [0.2, 0.25) is 0 Å². The number of hydrogen-bond donors (Lipinski definition) is 1. The molecule has 0 atom stereocenters. The third kappa shape index (κ3) is 1.83. The molecule has 0 fully saturated rings. The van der Waals surface area contributed by atoms with Crippen molar-refractivity contribution in [2.75, 3.05) is 19.5 Å². The minimum atomic E-state index is 0.594. The van der Waals surface area contributed by atoms with Crippen LogP contribution in [-0.2, 0) is 0 Å². The molecule has 1 rings (SSSR count). The predicted molar refractivity (Wildman–Crippen MR) is 48.0 cm³/mol. The van der Waals surface area contributed by atoms with Crippen LogP contribution in [0.25, 0.3) is 0 Å². The highest BCUT2D eigenvalue weighted by molar-refractivity contribution is 9.10. The lowest BCUT2D eigenvalue weighted by Gasteiger charge is -2.03. The van der Waals surface area contributed by atoms with Crippen LogP contribution in [0.5, 0.6) is 5.88 Å². The standard InChI is InChI=1S/C7H9BrN2O/c1-9-6-4-3-5(8)7(10-6)11-2/h3-4H,1-2H3,(H,9,10). The maximum Gasteiger partial charge on any atom is 0.229 e. The number of nitrogens with one attached hydrogen (secondary N) is 1. The summed E-state index contributed by atoms with van der Waals surface area (Å²) in [4.78, 5) is 4.13. The molecule has 0 aliphatic carbocycles. The summed E-state index contributed by atoms with van der Waals surface area (Å²) in [6.07, 6.45) is 0. The van der Waals surface area contributed by atoms with Crippen LogP contribution in [0.15, 0.2) is 16.6 Å². The van der Waals surface area contributed by atoms with Gasteiger partial charge in [-0.15, -0.1) is 0 Å². The van der Waals surface area contributed by atoms with Gasteiger partial charge < -0.3 is 10.1 Å². The van der Waals surface area contributed by atoms with E-state index in [1.807, 2.05) is 19.2 Å². The fourth-order valence-electron chi connectivity index (χ4n) is 0.706. The molecule has 1 N–H and O–H groups in total. The Bertz CT molecular complexity index is 252. The molecule has 0 radical (unpaired) electrons. The molecule has 11 heavy (non-hydrogen) atoms. The van der Waals surface area contributed by atoms with Gasteiger partial charge in [0.05, 0.1) is 11.6 Å². The van der Waals surface area contributed by atoms with Crippen LogP contribution in [0.3, 0.4) is 0 Å². The van der Waals surface area contributed by atoms with Gasteiger partial charge in [0.1, 0.15) is 5.82 Å². The Balaban J connectivity index is 3.02. The minimum absolute atomic E-state index is 0.594. The normalized spacial score (nSPS) is 9.36. The first kappa shape index (κ1) is 8.33. The van der Waals surface area contributed by atoms with Crippen LogP contribution in [0.4, 0.5) is 5.82 Å². The molecule has 1 aromatic heterocycles. The van der Waals surface area contributed by atoms with Gasteiger partial charge in [-0.3, -0.25) is 0 Å². The number of aromatic nitrogens is 1. The minimum Gasteiger partial charge on any atom is -0.480 e. The molecular formula is C7H9BrN2O. The van der Waals surface area contributed by atoms with Crippen molar-refractivity contribution in [3.8, 4) is 5.88 Å². The SMILES string of the molecule is CNc1ccc(Br)c(OC)n1. The van der Waals surface area contributed by atoms with Gasteiger partial charge in [0.15, 0.2) is 0 Å². The van der Waals surface area contributed by atoms with Gasteiger partial charge in [-0.1, -0.05) is 0 Å². The summed E-state index contributed by atoms with van der Waals surface area (Å²) in [5, 5.41) is 2.92. The van der Waals surface area contributed by atoms with Gasteiger partial charge in [-0.25, -0.2) is 0 Å². The second-order valence-corrected chi connectivity index (χ2v) is 2.79. The van der Waals surface area contributed by atoms with E-state index in [4.69, 9.17) is 4.74 Å². The first-order chi connectivity index (χ1) is 5.27. The molecule has 0 bridgehead atoms. The maximum atomic E-state index is 4.99. The molecule has 1 heterocycles. The third-order valence-electron chi connectivity index (χ3n) is 1.26. The van der Waals surface area contributed by atoms with Crippen molar-refractivity contribution < 1.29 is 4.74 Å². The van der Waals surface area contributed by atoms with Crippen molar-refractivity contribution in [3.63, 3.8) is 0 Å². The van der Waals surface area contributed by atoms with Crippen molar-refractivity contribution in [3.05, 3.63) is 16.6 Å². The zero-order valence-corrected chi connectivity index (χ0v) is 7.97. The number of methoxy groups -OCH3 is 1. The fraction of sp³-hybridized carbons (Fsp3) is 0.286. The highest BCUT2D eigenvalue weighted by Gasteiger charge is 2.00. The second-order valence-electron chi connectivity index (χ2n) is 1.94. The molecule has 0 aliphatic heterocycles. The van der Waals surface area contributed by atoms with Gasteiger partial charge in [0.2, 0.25) is 5.88 Å². The molecule has 0 aromatic carbocycles. The Morgan fingerprint density at radius 1 is 1.55 bits per heavy atom. The number of hydrogen-bond acceptors (Lipinski definition) is 3. The summed E-state index contributed by atoms with van der Waals surface area (Å²) >= 11 is 3.30. The molecule has 0 unspecified atom stereocenters. The van der Waals surface area contributed by atoms with E-state index in [0.717, 1.165) is 10.3 Å². The number of anilines is 1. The summed E-state index contributed by atoms with van der Waals surface area (Å²) in [6.45, 7) is 0. The summed E-state index contributed by atoms with van der Waals surface area (Å²) in [7, 11) is 3.40. The van der Waals surface area contributed by atoms with Crippen LogP contribution in [0.1, 0.15) is 0 Å². The van der Waals surface area contributed by atoms with Gasteiger partial charge in [0, 0.05) is 7.05 Å². The number of halogens is 1. The van der Waals surface area contributed by atoms with E-state index in [-0.39, 0.29) is 0 Å². The topological polar surface area (TPSA) is 34.1 Å². The van der Waals surface area contributed by atoms with Gasteiger partial charge in [-0.2, -0.15) is 4.98 Å². The average molecular weight is 217 g/mol. The molecule has 3 nitrogen and oxygen atoms in total. The van der Waals surface area contributed by atoms with E-state index >= 15 is 0 Å². The van der Waals surface area contributed by atoms with Crippen LogP contribution in [-0.4, -0.2) is 19.1 Å². The Morgan fingerprint density at radius 2 is 2.27 bits per heavy atom. The monoisotopic (exact) mass is 216 g/mol. The Kier molecular flexibility index (Phi) is 2.70. The van der Waals surface area contributed by atoms with Crippen molar-refractivity contribution in [1.82, 2.24) is 4.98 Å². The fourth-order valence-corrected chi connectivity index (χ4v) is 1.09. The van der Waals surface area contributed by atoms with Gasteiger partial charge >= 0.3 is 0 Å². The van der Waals surface area contributed by atoms with Gasteiger partial charge in [0.25, 0.3) is 0 Å². The molecule has 0 amide bonds. The average Bonchev–Trinajstić information content (AvgIpc) is 2.05. The zero-order valence-electron chi connectivity index (χ0n) is 6.39. The zero-order chi connectivity index (χ0) is 8.27. The lowest BCUT2D eigenvalue weighted by molar-refractivity contribution is 0.395. The molecule has 1 aromatic rings. The number of nitrogens with zero attached hydrogens (tertiary/aromatic N) is 1. The smallest absolute Gasteiger partial charge is 0.229 e. The highest BCUT2D eigenvalue weighted by Crippen LogP contribution is 2.23. The molecule has 4 heteroatoms. The number of pyridine rings is 1. The molecule has 0 saturated carbocycles. The van der Waals surface area contributed by atoms with Gasteiger partial charge in [-0.05, 0) is 28.1 Å². The van der Waals surface area contributed by atoms with Crippen molar-refractivity contribution in [2.45, 2.75) is 0 Å². The van der Waals surface area contributed by atoms with E-state index in [2.05, 4.69) is 26.2 Å². The van der Waals surface area contributed by atoms with E-state index < -0.39 is 0 Å². The summed E-state index contributed by atoms with van der Waals surface area (Å²) in [5.41, 5.74) is 0. The lowest BCUT2D eigenvalue weighted by atomic mass is 10.4. The van der Waals surface area contributed by atoms with Crippen molar-refractivity contribution in [2.24, 2.45) is 0 Å². The molecular weight excluding hydrogens is 208 g/mol. The molecule has 0 aliphatic rings. The van der Waals surface area contributed by atoms with E-state index in [9.17, 15) is 0 Å². The van der Waals surface area contributed by atoms with Crippen molar-refractivity contribution in [1.29, 1.82) is 0 Å². The predicted octanol–water partition coefficient (Wildman–Crippen LogP) is 1.89. The Hall–Kier alpha value is -0.770. The first-order valence-corrected chi connectivity index (χ1v) is 3.95. The molecule has 0 saturated heterocycles. The molecule has 60 valence electrons. The second kappa shape index (κ2) is 3.57. The summed E-state index contributed by atoms with van der Waals surface area (Å²) < 4.78 is 5.85. The van der Waals surface area contributed by atoms with Crippen molar-refractivity contribution >= 4 is 21.7 Å². The number of ether oxygens (including phenoxy) is 1. The molecule has 0 spiro atoms. The first-order valence-electron chi connectivity index (χ1n) is 3.16. The largest absolute Gasteiger partial charge is 0.480 e. The van der Waals surface area contributed by atoms with E-state index in [1.165, 1.54) is 0 Å². The quantitative estimate of drug-likeness (QED) is 0.821. The summed E-state index contributed by atoms with van der Waals surface area (Å²) in [5.74, 6) is 1.39. The Morgan fingerprint density at radius 3 is 2.82 bits per heavy atom. The third-order valence-corrected chi connectivity index (χ3v) is 1.87. The Labute approximate surface area is 73.9 Å². The van der Waals surface area contributed by atoms with E-state index in [1.54, 1.807) is 7.11 Å². The van der Waals surface area contributed by atoms with Crippen LogP contribution < -0.4 is 10.1 Å². The highest BCUT2D eigenvalue weighted by atomic mass is 79.9. The van der Waals surface area contributed by atoms with Crippen LogP contribution in [0, 0.1) is 0 Å². The lowest BCUT2D eigenvalue weighted by Crippen LogP contribution is -1.95. The van der Waals surface area contributed by atoms with E-state index in [0.29, 0.717) is 5.88 Å². The summed E-state index contributed by atoms with van der Waals surface area (Å²) in [6, 6.07) is 3.75. The number of rotatable bonds is 2. The maximum absolute atomic E-state index is 4.99. The van der Waals surface area contributed by atoms with Crippen LogP contribution >= 0.6 is 15.9 Å².